The average molecular weight is 312 g/mol. The molecule has 0 aliphatic carbocycles. The lowest BCUT2D eigenvalue weighted by molar-refractivity contribution is 0.357. The number of aromatic nitrogens is 4. The van der Waals surface area contributed by atoms with Gasteiger partial charge in [0.2, 0.25) is 0 Å². The summed E-state index contributed by atoms with van der Waals surface area (Å²) in [6.07, 6.45) is 3.10. The van der Waals surface area contributed by atoms with Gasteiger partial charge in [0.25, 0.3) is 0 Å². The number of alkyl halides is 1. The first-order valence-electron chi connectivity index (χ1n) is 7.62. The maximum absolute atomic E-state index is 6.13. The standard InChI is InChI=1S/C15H26ClN5/c1-6-7-12-14-15(20(5)18-12)21(13(10-16)17-14)11(2)8-9-19(3)4/h11H,6-10H2,1-5H3. The maximum Gasteiger partial charge on any atom is 0.158 e. The van der Waals surface area contributed by atoms with Crippen molar-refractivity contribution in [2.75, 3.05) is 20.6 Å². The van der Waals surface area contributed by atoms with Crippen molar-refractivity contribution in [3.8, 4) is 0 Å². The molecule has 1 unspecified atom stereocenters. The molecule has 118 valence electrons. The minimum atomic E-state index is 0.357. The van der Waals surface area contributed by atoms with Gasteiger partial charge in [-0.05, 0) is 40.4 Å². The minimum Gasteiger partial charge on any atom is -0.309 e. The molecule has 0 radical (unpaired) electrons. The fourth-order valence-corrected chi connectivity index (χ4v) is 2.97. The number of aryl methyl sites for hydroxylation is 2. The van der Waals surface area contributed by atoms with Crippen molar-refractivity contribution in [3.63, 3.8) is 0 Å². The van der Waals surface area contributed by atoms with E-state index in [1.807, 2.05) is 11.7 Å². The molecule has 0 saturated heterocycles. The minimum absolute atomic E-state index is 0.357. The molecule has 0 N–H and O–H groups in total. The Bertz CT molecular complexity index is 599. The third kappa shape index (κ3) is 3.24. The molecule has 2 rings (SSSR count). The molecule has 0 aromatic carbocycles. The quantitative estimate of drug-likeness (QED) is 0.738. The second-order valence-electron chi connectivity index (χ2n) is 5.97. The van der Waals surface area contributed by atoms with Crippen LogP contribution in [0.5, 0.6) is 0 Å². The number of hydrogen-bond donors (Lipinski definition) is 0. The summed E-state index contributed by atoms with van der Waals surface area (Å²) < 4.78 is 4.22. The van der Waals surface area contributed by atoms with Gasteiger partial charge in [0, 0.05) is 13.1 Å². The van der Waals surface area contributed by atoms with E-state index < -0.39 is 0 Å². The smallest absolute Gasteiger partial charge is 0.158 e. The van der Waals surface area contributed by atoms with Crippen LogP contribution in [-0.4, -0.2) is 44.9 Å². The van der Waals surface area contributed by atoms with E-state index >= 15 is 0 Å². The Labute approximate surface area is 131 Å². The largest absolute Gasteiger partial charge is 0.309 e. The summed E-state index contributed by atoms with van der Waals surface area (Å²) in [5.74, 6) is 1.38. The van der Waals surface area contributed by atoms with Gasteiger partial charge in [-0.15, -0.1) is 11.6 Å². The fraction of sp³-hybridized carbons (Fsp3) is 0.733. The molecule has 21 heavy (non-hydrogen) atoms. The van der Waals surface area contributed by atoms with Crippen molar-refractivity contribution in [3.05, 3.63) is 11.5 Å². The molecule has 0 bridgehead atoms. The van der Waals surface area contributed by atoms with Crippen LogP contribution in [0.15, 0.2) is 0 Å². The Morgan fingerprint density at radius 3 is 2.62 bits per heavy atom. The van der Waals surface area contributed by atoms with Crippen LogP contribution in [0.2, 0.25) is 0 Å². The van der Waals surface area contributed by atoms with Gasteiger partial charge < -0.3 is 9.47 Å². The van der Waals surface area contributed by atoms with E-state index in [1.54, 1.807) is 0 Å². The van der Waals surface area contributed by atoms with Crippen LogP contribution < -0.4 is 0 Å². The predicted octanol–water partition coefficient (Wildman–Crippen LogP) is 2.97. The number of imidazole rings is 1. The lowest BCUT2D eigenvalue weighted by Gasteiger charge is -2.19. The number of rotatable bonds is 7. The van der Waals surface area contributed by atoms with Crippen LogP contribution in [-0.2, 0) is 19.3 Å². The highest BCUT2D eigenvalue weighted by atomic mass is 35.5. The monoisotopic (exact) mass is 311 g/mol. The lowest BCUT2D eigenvalue weighted by atomic mass is 10.2. The molecule has 6 heteroatoms. The van der Waals surface area contributed by atoms with Gasteiger partial charge in [-0.1, -0.05) is 13.3 Å². The molecule has 5 nitrogen and oxygen atoms in total. The van der Waals surface area contributed by atoms with E-state index in [0.717, 1.165) is 48.5 Å². The maximum atomic E-state index is 6.13. The van der Waals surface area contributed by atoms with Crippen molar-refractivity contribution < 1.29 is 0 Å². The highest BCUT2D eigenvalue weighted by Crippen LogP contribution is 2.26. The van der Waals surface area contributed by atoms with Gasteiger partial charge in [0.05, 0.1) is 11.6 Å². The summed E-state index contributed by atoms with van der Waals surface area (Å²) in [6.45, 7) is 5.44. The summed E-state index contributed by atoms with van der Waals surface area (Å²) in [6, 6.07) is 0.357. The van der Waals surface area contributed by atoms with Crippen LogP contribution in [0.3, 0.4) is 0 Å². The zero-order chi connectivity index (χ0) is 15.6. The highest BCUT2D eigenvalue weighted by Gasteiger charge is 2.21. The van der Waals surface area contributed by atoms with Gasteiger partial charge >= 0.3 is 0 Å². The first-order valence-corrected chi connectivity index (χ1v) is 8.16. The van der Waals surface area contributed by atoms with E-state index in [1.165, 1.54) is 0 Å². The van der Waals surface area contributed by atoms with Crippen molar-refractivity contribution in [2.24, 2.45) is 7.05 Å². The third-order valence-corrected chi connectivity index (χ3v) is 4.09. The van der Waals surface area contributed by atoms with Crippen LogP contribution >= 0.6 is 11.6 Å². The molecule has 0 aliphatic rings. The second kappa shape index (κ2) is 6.79. The molecule has 0 amide bonds. The average Bonchev–Trinajstić information content (AvgIpc) is 2.95. The van der Waals surface area contributed by atoms with Crippen LogP contribution in [0.4, 0.5) is 0 Å². The van der Waals surface area contributed by atoms with Crippen molar-refractivity contribution in [1.29, 1.82) is 0 Å². The molecule has 1 atom stereocenters. The van der Waals surface area contributed by atoms with Gasteiger partial charge in [-0.2, -0.15) is 5.10 Å². The van der Waals surface area contributed by atoms with Crippen LogP contribution in [0, 0.1) is 0 Å². The second-order valence-corrected chi connectivity index (χ2v) is 6.23. The summed E-state index contributed by atoms with van der Waals surface area (Å²) in [4.78, 5) is 6.96. The van der Waals surface area contributed by atoms with Gasteiger partial charge in [0.15, 0.2) is 5.65 Å². The zero-order valence-electron chi connectivity index (χ0n) is 13.7. The van der Waals surface area contributed by atoms with E-state index in [9.17, 15) is 0 Å². The van der Waals surface area contributed by atoms with Gasteiger partial charge in [0.1, 0.15) is 11.3 Å². The molecular weight excluding hydrogens is 286 g/mol. The Kier molecular flexibility index (Phi) is 5.27. The molecule has 0 spiro atoms. The lowest BCUT2D eigenvalue weighted by Crippen LogP contribution is -2.19. The SMILES string of the molecule is CCCc1nn(C)c2c1nc(CCl)n2C(C)CCN(C)C. The predicted molar refractivity (Wildman–Crippen MR) is 87.9 cm³/mol. The molecule has 2 aromatic heterocycles. The summed E-state index contributed by atoms with van der Waals surface area (Å²) in [7, 11) is 6.20. The molecule has 0 aliphatic heterocycles. The van der Waals surface area contributed by atoms with E-state index in [2.05, 4.69) is 42.5 Å². The van der Waals surface area contributed by atoms with E-state index in [-0.39, 0.29) is 0 Å². The number of hydrogen-bond acceptors (Lipinski definition) is 3. The Morgan fingerprint density at radius 1 is 1.33 bits per heavy atom. The van der Waals surface area contributed by atoms with Crippen LogP contribution in [0.1, 0.15) is 44.2 Å². The summed E-state index contributed by atoms with van der Waals surface area (Å²) in [5, 5.41) is 4.63. The first kappa shape index (κ1) is 16.3. The van der Waals surface area contributed by atoms with E-state index in [0.29, 0.717) is 11.9 Å². The Balaban J connectivity index is 2.45. The van der Waals surface area contributed by atoms with Crippen molar-refractivity contribution >= 4 is 22.8 Å². The van der Waals surface area contributed by atoms with Crippen molar-refractivity contribution in [1.82, 2.24) is 24.2 Å². The zero-order valence-corrected chi connectivity index (χ0v) is 14.5. The normalized spacial score (nSPS) is 13.5. The molecule has 2 heterocycles. The topological polar surface area (TPSA) is 38.9 Å². The fourth-order valence-electron chi connectivity index (χ4n) is 2.78. The van der Waals surface area contributed by atoms with Crippen LogP contribution in [0.25, 0.3) is 11.2 Å². The first-order chi connectivity index (χ1) is 9.99. The molecule has 0 saturated carbocycles. The number of halogens is 1. The molecule has 0 fully saturated rings. The van der Waals surface area contributed by atoms with E-state index in [4.69, 9.17) is 16.6 Å². The number of fused-ring (bicyclic) bond motifs is 1. The number of nitrogens with zero attached hydrogens (tertiary/aromatic N) is 5. The molecular formula is C15H26ClN5. The summed E-state index contributed by atoms with van der Waals surface area (Å²) in [5.41, 5.74) is 3.20. The highest BCUT2D eigenvalue weighted by molar-refractivity contribution is 6.16. The Hall–Kier alpha value is -1.07. The van der Waals surface area contributed by atoms with Gasteiger partial charge in [-0.25, -0.2) is 4.98 Å². The Morgan fingerprint density at radius 2 is 2.05 bits per heavy atom. The third-order valence-electron chi connectivity index (χ3n) is 3.85. The van der Waals surface area contributed by atoms with Gasteiger partial charge in [-0.3, -0.25) is 4.68 Å². The van der Waals surface area contributed by atoms with Crippen molar-refractivity contribution in [2.45, 2.75) is 45.0 Å². The molecule has 2 aromatic rings. The summed E-state index contributed by atoms with van der Waals surface area (Å²) >= 11 is 6.13.